The SMILES string of the molecule is C=CN.CN/N=C(\C)c1ccc(SC2CCCCC2)cc1. The molecule has 1 aromatic rings. The van der Waals surface area contributed by atoms with Gasteiger partial charge in [0, 0.05) is 17.2 Å². The summed E-state index contributed by atoms with van der Waals surface area (Å²) >= 11 is 2.04. The van der Waals surface area contributed by atoms with Crippen molar-refractivity contribution in [3.05, 3.63) is 42.6 Å². The van der Waals surface area contributed by atoms with Gasteiger partial charge in [0.2, 0.25) is 0 Å². The second-order valence-electron chi connectivity index (χ2n) is 5.06. The number of benzene rings is 1. The maximum atomic E-state index is 4.61. The van der Waals surface area contributed by atoms with Crippen LogP contribution in [0.1, 0.15) is 44.6 Å². The van der Waals surface area contributed by atoms with E-state index in [1.165, 1.54) is 48.8 Å². The molecule has 0 radical (unpaired) electrons. The molecule has 0 aromatic heterocycles. The summed E-state index contributed by atoms with van der Waals surface area (Å²) in [6, 6.07) is 8.79. The fourth-order valence-electron chi connectivity index (χ4n) is 2.38. The zero-order valence-electron chi connectivity index (χ0n) is 13.1. The minimum absolute atomic E-state index is 0.830. The van der Waals surface area contributed by atoms with Crippen molar-refractivity contribution in [3.8, 4) is 0 Å². The lowest BCUT2D eigenvalue weighted by Gasteiger charge is -2.20. The lowest BCUT2D eigenvalue weighted by molar-refractivity contribution is 0.516. The quantitative estimate of drug-likeness (QED) is 0.649. The fourth-order valence-corrected chi connectivity index (χ4v) is 3.63. The minimum atomic E-state index is 0.830. The molecular formula is C17H27N3S. The molecule has 0 heterocycles. The highest BCUT2D eigenvalue weighted by molar-refractivity contribution is 8.00. The summed E-state index contributed by atoms with van der Waals surface area (Å²) in [4.78, 5) is 1.39. The van der Waals surface area contributed by atoms with Gasteiger partial charge in [-0.25, -0.2) is 0 Å². The molecule has 1 aliphatic carbocycles. The molecule has 0 atom stereocenters. The molecule has 3 nitrogen and oxygen atoms in total. The van der Waals surface area contributed by atoms with E-state index in [4.69, 9.17) is 0 Å². The standard InChI is InChI=1S/C15H22N2S.C2H5N/c1-12(17-16-2)13-8-10-15(11-9-13)18-14-6-4-3-5-7-14;1-2-3/h8-11,14,16H,3-7H2,1-2H3;2H,1,3H2/b17-12+;. The molecule has 1 fully saturated rings. The van der Waals surface area contributed by atoms with Gasteiger partial charge in [-0.3, -0.25) is 0 Å². The van der Waals surface area contributed by atoms with Gasteiger partial charge in [-0.15, -0.1) is 11.8 Å². The average Bonchev–Trinajstić information content (AvgIpc) is 2.50. The zero-order valence-corrected chi connectivity index (χ0v) is 14.0. The highest BCUT2D eigenvalue weighted by atomic mass is 32.2. The number of hydrogen-bond acceptors (Lipinski definition) is 4. The van der Waals surface area contributed by atoms with Crippen LogP contribution in [0, 0.1) is 0 Å². The summed E-state index contributed by atoms with van der Waals surface area (Å²) in [6.07, 6.45) is 8.25. The Bertz CT molecular complexity index is 434. The van der Waals surface area contributed by atoms with Gasteiger partial charge in [0.15, 0.2) is 0 Å². The predicted octanol–water partition coefficient (Wildman–Crippen LogP) is 4.14. The first-order valence-corrected chi connectivity index (χ1v) is 8.40. The number of thioether (sulfide) groups is 1. The maximum absolute atomic E-state index is 4.61. The van der Waals surface area contributed by atoms with Gasteiger partial charge in [-0.2, -0.15) is 5.10 Å². The van der Waals surface area contributed by atoms with E-state index < -0.39 is 0 Å². The van der Waals surface area contributed by atoms with Gasteiger partial charge in [-0.1, -0.05) is 38.0 Å². The molecule has 116 valence electrons. The second-order valence-corrected chi connectivity index (χ2v) is 6.43. The first-order valence-electron chi connectivity index (χ1n) is 7.52. The van der Waals surface area contributed by atoms with Crippen molar-refractivity contribution in [1.29, 1.82) is 0 Å². The highest BCUT2D eigenvalue weighted by Gasteiger charge is 2.14. The van der Waals surface area contributed by atoms with Gasteiger partial charge in [0.25, 0.3) is 0 Å². The van der Waals surface area contributed by atoms with E-state index in [0.29, 0.717) is 0 Å². The molecule has 0 aliphatic heterocycles. The number of nitrogens with zero attached hydrogens (tertiary/aromatic N) is 1. The molecule has 21 heavy (non-hydrogen) atoms. The van der Waals surface area contributed by atoms with E-state index in [1.807, 2.05) is 25.7 Å². The number of rotatable bonds is 4. The van der Waals surface area contributed by atoms with Crippen LogP contribution in [0.5, 0.6) is 0 Å². The van der Waals surface area contributed by atoms with E-state index in [2.05, 4.69) is 47.1 Å². The Kier molecular flexibility index (Phi) is 8.67. The third kappa shape index (κ3) is 6.71. The van der Waals surface area contributed by atoms with Crippen LogP contribution in [0.4, 0.5) is 0 Å². The Labute approximate surface area is 133 Å². The molecule has 1 aromatic carbocycles. The van der Waals surface area contributed by atoms with Gasteiger partial charge in [0.05, 0.1) is 5.71 Å². The van der Waals surface area contributed by atoms with Crippen LogP contribution in [-0.2, 0) is 0 Å². The summed E-state index contributed by atoms with van der Waals surface area (Å²) in [5, 5.41) is 5.03. The van der Waals surface area contributed by atoms with Gasteiger partial charge in [-0.05, 0) is 43.7 Å². The molecule has 1 aliphatic rings. The summed E-state index contributed by atoms with van der Waals surface area (Å²) in [7, 11) is 1.83. The van der Waals surface area contributed by atoms with Crippen LogP contribution in [0.2, 0.25) is 0 Å². The van der Waals surface area contributed by atoms with E-state index in [1.54, 1.807) is 0 Å². The van der Waals surface area contributed by atoms with Gasteiger partial charge < -0.3 is 11.2 Å². The van der Waals surface area contributed by atoms with Crippen LogP contribution < -0.4 is 11.2 Å². The van der Waals surface area contributed by atoms with Crippen molar-refractivity contribution in [2.75, 3.05) is 7.05 Å². The maximum Gasteiger partial charge on any atom is 0.0644 e. The Morgan fingerprint density at radius 3 is 2.38 bits per heavy atom. The lowest BCUT2D eigenvalue weighted by atomic mass is 10.0. The smallest absolute Gasteiger partial charge is 0.0644 e. The van der Waals surface area contributed by atoms with Crippen molar-refractivity contribution in [1.82, 2.24) is 5.43 Å². The first kappa shape index (κ1) is 17.6. The topological polar surface area (TPSA) is 50.4 Å². The Morgan fingerprint density at radius 1 is 1.29 bits per heavy atom. The monoisotopic (exact) mass is 305 g/mol. The third-order valence-electron chi connectivity index (χ3n) is 3.41. The molecule has 2 rings (SSSR count). The fraction of sp³-hybridized carbons (Fsp3) is 0.471. The number of nitrogens with two attached hydrogens (primary N) is 1. The summed E-state index contributed by atoms with van der Waals surface area (Å²) in [5.41, 5.74) is 9.67. The van der Waals surface area contributed by atoms with Gasteiger partial charge >= 0.3 is 0 Å². The Morgan fingerprint density at radius 2 is 1.86 bits per heavy atom. The first-order chi connectivity index (χ1) is 10.2. The molecule has 0 saturated heterocycles. The molecular weight excluding hydrogens is 278 g/mol. The van der Waals surface area contributed by atoms with Crippen LogP contribution in [0.3, 0.4) is 0 Å². The van der Waals surface area contributed by atoms with Crippen LogP contribution in [0.25, 0.3) is 0 Å². The predicted molar refractivity (Wildman–Crippen MR) is 94.8 cm³/mol. The normalized spacial score (nSPS) is 15.8. The number of nitrogens with one attached hydrogen (secondary N) is 1. The summed E-state index contributed by atoms with van der Waals surface area (Å²) in [5.74, 6) is 0. The van der Waals surface area contributed by atoms with Crippen LogP contribution >= 0.6 is 11.8 Å². The van der Waals surface area contributed by atoms with E-state index in [0.717, 1.165) is 11.0 Å². The summed E-state index contributed by atoms with van der Waals surface area (Å²) < 4.78 is 0. The Balaban J connectivity index is 0.000000677. The summed E-state index contributed by atoms with van der Waals surface area (Å²) in [6.45, 7) is 5.17. The molecule has 0 spiro atoms. The third-order valence-corrected chi connectivity index (χ3v) is 4.76. The van der Waals surface area contributed by atoms with Crippen LogP contribution in [0.15, 0.2) is 47.0 Å². The minimum Gasteiger partial charge on any atom is -0.405 e. The van der Waals surface area contributed by atoms with Crippen LogP contribution in [-0.4, -0.2) is 18.0 Å². The van der Waals surface area contributed by atoms with Crippen molar-refractivity contribution in [2.45, 2.75) is 49.2 Å². The van der Waals surface area contributed by atoms with E-state index >= 15 is 0 Å². The molecule has 0 bridgehead atoms. The van der Waals surface area contributed by atoms with Crippen molar-refractivity contribution in [3.63, 3.8) is 0 Å². The molecule has 4 heteroatoms. The number of hydrogen-bond donors (Lipinski definition) is 2. The molecule has 3 N–H and O–H groups in total. The number of hydrazone groups is 1. The average molecular weight is 305 g/mol. The molecule has 0 amide bonds. The molecule has 1 saturated carbocycles. The van der Waals surface area contributed by atoms with Gasteiger partial charge in [0.1, 0.15) is 0 Å². The Hall–Kier alpha value is -1.42. The zero-order chi connectivity index (χ0) is 15.5. The van der Waals surface area contributed by atoms with E-state index in [-0.39, 0.29) is 0 Å². The largest absolute Gasteiger partial charge is 0.405 e. The van der Waals surface area contributed by atoms with E-state index in [9.17, 15) is 0 Å². The molecule has 0 unspecified atom stereocenters. The highest BCUT2D eigenvalue weighted by Crippen LogP contribution is 2.33. The second kappa shape index (κ2) is 10.3. The van der Waals surface area contributed by atoms with Crippen molar-refractivity contribution < 1.29 is 0 Å². The van der Waals surface area contributed by atoms with Crippen molar-refractivity contribution >= 4 is 17.5 Å². The lowest BCUT2D eigenvalue weighted by Crippen LogP contribution is -2.07. The van der Waals surface area contributed by atoms with Crippen molar-refractivity contribution in [2.24, 2.45) is 10.8 Å².